The lowest BCUT2D eigenvalue weighted by Crippen LogP contribution is -2.47. The number of piperazine rings is 1. The van der Waals surface area contributed by atoms with Gasteiger partial charge in [0.25, 0.3) is 0 Å². The normalized spacial score (nSPS) is 15.4. The third-order valence-corrected chi connectivity index (χ3v) is 3.66. The highest BCUT2D eigenvalue weighted by molar-refractivity contribution is 6.32. The maximum atomic E-state index is 6.13. The predicted molar refractivity (Wildman–Crippen MR) is 80.1 cm³/mol. The van der Waals surface area contributed by atoms with Crippen LogP contribution in [-0.2, 0) is 0 Å². The average molecular weight is 291 g/mol. The third kappa shape index (κ3) is 2.46. The van der Waals surface area contributed by atoms with Gasteiger partial charge in [-0.3, -0.25) is 4.98 Å². The molecule has 104 valence electrons. The maximum Gasteiger partial charge on any atom is 0.150 e. The lowest BCUT2D eigenvalue weighted by atomic mass is 10.2. The van der Waals surface area contributed by atoms with Gasteiger partial charge in [-0.2, -0.15) is 0 Å². The summed E-state index contributed by atoms with van der Waals surface area (Å²) in [6.45, 7) is 3.43. The fraction of sp³-hybridized carbons (Fsp3) is 0.308. The molecule has 0 spiro atoms. The van der Waals surface area contributed by atoms with E-state index in [1.165, 1.54) is 6.33 Å². The molecular weight excluding hydrogens is 276 g/mol. The van der Waals surface area contributed by atoms with Gasteiger partial charge in [-0.1, -0.05) is 11.6 Å². The smallest absolute Gasteiger partial charge is 0.150 e. The van der Waals surface area contributed by atoms with Gasteiger partial charge in [0.05, 0.1) is 23.8 Å². The minimum atomic E-state index is 0.587. The predicted octanol–water partition coefficient (Wildman–Crippen LogP) is 1.43. The Morgan fingerprint density at radius 1 is 1.05 bits per heavy atom. The number of anilines is 3. The van der Waals surface area contributed by atoms with E-state index in [9.17, 15) is 0 Å². The van der Waals surface area contributed by atoms with Crippen LogP contribution in [0.3, 0.4) is 0 Å². The lowest BCUT2D eigenvalue weighted by molar-refractivity contribution is 0.647. The average Bonchev–Trinajstić information content (AvgIpc) is 2.49. The monoisotopic (exact) mass is 290 g/mol. The molecule has 7 heteroatoms. The van der Waals surface area contributed by atoms with Crippen LogP contribution in [0.2, 0.25) is 5.02 Å². The van der Waals surface area contributed by atoms with E-state index in [-0.39, 0.29) is 0 Å². The fourth-order valence-corrected chi connectivity index (χ4v) is 2.61. The summed E-state index contributed by atoms with van der Waals surface area (Å²) in [5, 5.41) is 0.587. The van der Waals surface area contributed by atoms with Crippen LogP contribution < -0.4 is 15.5 Å². The van der Waals surface area contributed by atoms with E-state index in [4.69, 9.17) is 17.3 Å². The number of hydrogen-bond acceptors (Lipinski definition) is 6. The lowest BCUT2D eigenvalue weighted by Gasteiger charge is -2.37. The van der Waals surface area contributed by atoms with Crippen molar-refractivity contribution in [1.82, 2.24) is 15.0 Å². The minimum absolute atomic E-state index is 0.587. The molecule has 6 nitrogen and oxygen atoms in total. The van der Waals surface area contributed by atoms with Crippen molar-refractivity contribution in [3.05, 3.63) is 36.0 Å². The van der Waals surface area contributed by atoms with Gasteiger partial charge in [0.2, 0.25) is 0 Å². The van der Waals surface area contributed by atoms with Crippen LogP contribution in [0.15, 0.2) is 31.0 Å². The summed E-state index contributed by atoms with van der Waals surface area (Å²) in [4.78, 5) is 16.6. The van der Waals surface area contributed by atoms with Crippen LogP contribution in [0.4, 0.5) is 17.2 Å². The number of hydrogen-bond donors (Lipinski definition) is 1. The van der Waals surface area contributed by atoms with Crippen molar-refractivity contribution in [2.75, 3.05) is 41.7 Å². The topological polar surface area (TPSA) is 71.2 Å². The van der Waals surface area contributed by atoms with Gasteiger partial charge >= 0.3 is 0 Å². The molecule has 0 atom stereocenters. The molecule has 0 unspecified atom stereocenters. The summed E-state index contributed by atoms with van der Waals surface area (Å²) in [7, 11) is 0. The second kappa shape index (κ2) is 5.50. The van der Waals surface area contributed by atoms with E-state index < -0.39 is 0 Å². The molecule has 0 aromatic carbocycles. The Balaban J connectivity index is 1.72. The Hall–Kier alpha value is -2.08. The summed E-state index contributed by atoms with van der Waals surface area (Å²) in [5.41, 5.74) is 7.71. The Kier molecular flexibility index (Phi) is 3.56. The van der Waals surface area contributed by atoms with Crippen molar-refractivity contribution >= 4 is 28.8 Å². The quantitative estimate of drug-likeness (QED) is 0.902. The third-order valence-electron chi connectivity index (χ3n) is 3.40. The van der Waals surface area contributed by atoms with E-state index in [1.807, 2.05) is 6.07 Å². The molecule has 0 amide bonds. The summed E-state index contributed by atoms with van der Waals surface area (Å²) in [6, 6.07) is 1.95. The van der Waals surface area contributed by atoms with Crippen LogP contribution in [0, 0.1) is 0 Å². The first-order valence-electron chi connectivity index (χ1n) is 6.40. The summed E-state index contributed by atoms with van der Waals surface area (Å²) in [6.07, 6.45) is 6.59. The number of nitrogens with zero attached hydrogens (tertiary/aromatic N) is 5. The van der Waals surface area contributed by atoms with Gasteiger partial charge in [0.1, 0.15) is 11.3 Å². The number of pyridine rings is 1. The first-order valence-corrected chi connectivity index (χ1v) is 6.78. The van der Waals surface area contributed by atoms with Gasteiger partial charge in [-0.15, -0.1) is 0 Å². The van der Waals surface area contributed by atoms with E-state index >= 15 is 0 Å². The fourth-order valence-electron chi connectivity index (χ4n) is 2.39. The van der Waals surface area contributed by atoms with Crippen LogP contribution in [0.5, 0.6) is 0 Å². The molecule has 3 heterocycles. The molecule has 0 saturated carbocycles. The zero-order valence-corrected chi connectivity index (χ0v) is 11.7. The molecule has 2 aromatic heterocycles. The molecule has 0 bridgehead atoms. The van der Waals surface area contributed by atoms with Crippen molar-refractivity contribution in [3.63, 3.8) is 0 Å². The second-order valence-electron chi connectivity index (χ2n) is 4.60. The number of halogens is 1. The Labute approximate surface area is 122 Å². The zero-order valence-electron chi connectivity index (χ0n) is 10.9. The summed E-state index contributed by atoms with van der Waals surface area (Å²) < 4.78 is 0. The van der Waals surface area contributed by atoms with Gasteiger partial charge in [-0.05, 0) is 6.07 Å². The molecule has 0 radical (unpaired) electrons. The van der Waals surface area contributed by atoms with Gasteiger partial charge < -0.3 is 15.5 Å². The molecule has 2 aromatic rings. The standard InChI is InChI=1S/C13H15ClN6/c14-10-7-17-9-18-13(10)20-5-3-19(4-6-20)12-1-2-16-8-11(12)15/h1-2,7-9H,3-6,15H2. The summed E-state index contributed by atoms with van der Waals surface area (Å²) >= 11 is 6.13. The molecule has 1 aliphatic heterocycles. The largest absolute Gasteiger partial charge is 0.396 e. The second-order valence-corrected chi connectivity index (χ2v) is 5.01. The van der Waals surface area contributed by atoms with Gasteiger partial charge in [-0.25, -0.2) is 9.97 Å². The number of nitrogen functional groups attached to an aromatic ring is 1. The highest BCUT2D eigenvalue weighted by Gasteiger charge is 2.21. The first-order chi connectivity index (χ1) is 9.75. The molecule has 1 saturated heterocycles. The number of rotatable bonds is 2. The molecular formula is C13H15ClN6. The van der Waals surface area contributed by atoms with Gasteiger partial charge in [0, 0.05) is 32.4 Å². The van der Waals surface area contributed by atoms with Crippen LogP contribution in [-0.4, -0.2) is 41.1 Å². The van der Waals surface area contributed by atoms with Crippen molar-refractivity contribution in [2.45, 2.75) is 0 Å². The molecule has 0 aliphatic carbocycles. The highest BCUT2D eigenvalue weighted by atomic mass is 35.5. The van der Waals surface area contributed by atoms with Crippen LogP contribution >= 0.6 is 11.6 Å². The van der Waals surface area contributed by atoms with E-state index in [1.54, 1.807) is 18.6 Å². The molecule has 1 fully saturated rings. The molecule has 20 heavy (non-hydrogen) atoms. The number of nitrogens with two attached hydrogens (primary N) is 1. The number of aromatic nitrogens is 3. The van der Waals surface area contributed by atoms with Crippen LogP contribution in [0.25, 0.3) is 0 Å². The van der Waals surface area contributed by atoms with E-state index in [0.717, 1.165) is 37.7 Å². The van der Waals surface area contributed by atoms with Crippen molar-refractivity contribution in [2.24, 2.45) is 0 Å². The Morgan fingerprint density at radius 3 is 2.50 bits per heavy atom. The first kappa shape index (κ1) is 12.9. The van der Waals surface area contributed by atoms with Crippen molar-refractivity contribution in [1.29, 1.82) is 0 Å². The molecule has 1 aliphatic rings. The van der Waals surface area contributed by atoms with Crippen molar-refractivity contribution < 1.29 is 0 Å². The van der Waals surface area contributed by atoms with Crippen molar-refractivity contribution in [3.8, 4) is 0 Å². The zero-order chi connectivity index (χ0) is 13.9. The van der Waals surface area contributed by atoms with E-state index in [0.29, 0.717) is 10.7 Å². The minimum Gasteiger partial charge on any atom is -0.396 e. The summed E-state index contributed by atoms with van der Waals surface area (Å²) in [5.74, 6) is 0.795. The Bertz CT molecular complexity index is 543. The highest BCUT2D eigenvalue weighted by Crippen LogP contribution is 2.26. The molecule has 3 rings (SSSR count). The van der Waals surface area contributed by atoms with Crippen LogP contribution in [0.1, 0.15) is 0 Å². The SMILES string of the molecule is Nc1cnccc1N1CCN(c2ncncc2Cl)CC1. The molecule has 2 N–H and O–H groups in total. The Morgan fingerprint density at radius 2 is 1.80 bits per heavy atom. The van der Waals surface area contributed by atoms with Gasteiger partial charge in [0.15, 0.2) is 5.82 Å². The maximum absolute atomic E-state index is 6.13. The van der Waals surface area contributed by atoms with E-state index in [2.05, 4.69) is 24.8 Å².